The van der Waals surface area contributed by atoms with Crippen LogP contribution in [0, 0.1) is 11.8 Å². The summed E-state index contributed by atoms with van der Waals surface area (Å²) in [6.07, 6.45) is 5.34. The highest BCUT2D eigenvalue weighted by molar-refractivity contribution is 7.88. The molecule has 2 unspecified atom stereocenters. The summed E-state index contributed by atoms with van der Waals surface area (Å²) in [6.45, 7) is 0. The maximum absolute atomic E-state index is 11.0. The Morgan fingerprint density at radius 1 is 1.14 bits per heavy atom. The molecule has 0 aromatic heterocycles. The lowest BCUT2D eigenvalue weighted by Gasteiger charge is -2.12. The predicted octanol–water partition coefficient (Wildman–Crippen LogP) is 0.0515. The van der Waals surface area contributed by atoms with Crippen molar-refractivity contribution in [2.24, 2.45) is 17.6 Å². The third-order valence-electron chi connectivity index (χ3n) is 3.43. The molecule has 14 heavy (non-hydrogen) atoms. The molecular formula is C9H18N2O2S. The van der Waals surface area contributed by atoms with E-state index in [1.165, 1.54) is 6.26 Å². The van der Waals surface area contributed by atoms with E-state index in [1.807, 2.05) is 0 Å². The zero-order valence-corrected chi connectivity index (χ0v) is 9.26. The summed E-state index contributed by atoms with van der Waals surface area (Å²) >= 11 is 0. The number of nitrogens with one attached hydrogen (secondary N) is 1. The maximum atomic E-state index is 11.0. The molecule has 0 aliphatic heterocycles. The molecule has 4 nitrogen and oxygen atoms in total. The zero-order valence-electron chi connectivity index (χ0n) is 8.44. The zero-order chi connectivity index (χ0) is 10.3. The largest absolute Gasteiger partial charge is 0.328 e. The van der Waals surface area contributed by atoms with E-state index in [0.717, 1.165) is 25.7 Å². The van der Waals surface area contributed by atoms with Gasteiger partial charge in [0.15, 0.2) is 0 Å². The number of sulfonamides is 1. The van der Waals surface area contributed by atoms with Crippen LogP contribution in [0.5, 0.6) is 0 Å². The lowest BCUT2D eigenvalue weighted by molar-refractivity contribution is 0.457. The van der Waals surface area contributed by atoms with Crippen molar-refractivity contribution < 1.29 is 8.42 Å². The van der Waals surface area contributed by atoms with Crippen LogP contribution in [0.15, 0.2) is 0 Å². The Balaban J connectivity index is 1.92. The normalized spacial score (nSPS) is 42.7. The van der Waals surface area contributed by atoms with Crippen LogP contribution in [0.3, 0.4) is 0 Å². The van der Waals surface area contributed by atoms with Crippen LogP contribution in [0.2, 0.25) is 0 Å². The first-order chi connectivity index (χ1) is 6.44. The average molecular weight is 218 g/mol. The fourth-order valence-electron chi connectivity index (χ4n) is 3.06. The molecule has 0 radical (unpaired) electrons. The van der Waals surface area contributed by atoms with Crippen molar-refractivity contribution in [1.29, 1.82) is 0 Å². The van der Waals surface area contributed by atoms with Gasteiger partial charge in [-0.05, 0) is 37.5 Å². The molecule has 3 N–H and O–H groups in total. The number of nitrogens with two attached hydrogens (primary N) is 1. The summed E-state index contributed by atoms with van der Waals surface area (Å²) in [5.74, 6) is 1.31. The number of rotatable bonds is 2. The van der Waals surface area contributed by atoms with Crippen molar-refractivity contribution >= 4 is 10.0 Å². The molecule has 0 amide bonds. The van der Waals surface area contributed by atoms with Gasteiger partial charge in [-0.15, -0.1) is 0 Å². The van der Waals surface area contributed by atoms with Crippen LogP contribution in [0.4, 0.5) is 0 Å². The summed E-state index contributed by atoms with van der Waals surface area (Å²) in [5.41, 5.74) is 5.86. The summed E-state index contributed by atoms with van der Waals surface area (Å²) in [5, 5.41) is 0. The van der Waals surface area contributed by atoms with Crippen molar-refractivity contribution in [1.82, 2.24) is 4.72 Å². The molecule has 0 bridgehead atoms. The van der Waals surface area contributed by atoms with Crippen LogP contribution in [0.25, 0.3) is 0 Å². The Bertz CT molecular complexity index is 301. The summed E-state index contributed by atoms with van der Waals surface area (Å²) < 4.78 is 24.8. The van der Waals surface area contributed by atoms with Gasteiger partial charge in [0.2, 0.25) is 10.0 Å². The Hall–Kier alpha value is -0.130. The van der Waals surface area contributed by atoms with E-state index in [2.05, 4.69) is 4.72 Å². The van der Waals surface area contributed by atoms with E-state index in [-0.39, 0.29) is 6.04 Å². The van der Waals surface area contributed by atoms with E-state index in [0.29, 0.717) is 17.9 Å². The average Bonchev–Trinajstić information content (AvgIpc) is 2.39. The molecule has 0 saturated heterocycles. The van der Waals surface area contributed by atoms with Gasteiger partial charge < -0.3 is 5.73 Å². The topological polar surface area (TPSA) is 72.2 Å². The lowest BCUT2D eigenvalue weighted by atomic mass is 10.0. The summed E-state index contributed by atoms with van der Waals surface area (Å²) in [6, 6.07) is 0.511. The van der Waals surface area contributed by atoms with E-state index in [1.54, 1.807) is 0 Å². The summed E-state index contributed by atoms with van der Waals surface area (Å²) in [7, 11) is -3.03. The van der Waals surface area contributed by atoms with Gasteiger partial charge in [-0.1, -0.05) is 0 Å². The number of fused-ring (bicyclic) bond motifs is 1. The molecule has 2 fully saturated rings. The van der Waals surface area contributed by atoms with Crippen LogP contribution < -0.4 is 10.5 Å². The highest BCUT2D eigenvalue weighted by Crippen LogP contribution is 2.43. The van der Waals surface area contributed by atoms with Gasteiger partial charge in [0.25, 0.3) is 0 Å². The van der Waals surface area contributed by atoms with E-state index >= 15 is 0 Å². The van der Waals surface area contributed by atoms with Gasteiger partial charge in [0, 0.05) is 12.1 Å². The minimum Gasteiger partial charge on any atom is -0.328 e. The maximum Gasteiger partial charge on any atom is 0.208 e. The minimum absolute atomic E-state index is 0.160. The molecule has 0 heterocycles. The smallest absolute Gasteiger partial charge is 0.208 e. The third-order valence-corrected chi connectivity index (χ3v) is 4.19. The number of hydrogen-bond donors (Lipinski definition) is 2. The van der Waals surface area contributed by atoms with Gasteiger partial charge in [-0.2, -0.15) is 0 Å². The first-order valence-corrected chi connectivity index (χ1v) is 7.06. The molecule has 0 aromatic rings. The SMILES string of the molecule is CS(=O)(=O)NC1CC2CC(N)CC2C1. The van der Waals surface area contributed by atoms with Crippen LogP contribution >= 0.6 is 0 Å². The van der Waals surface area contributed by atoms with Crippen LogP contribution in [-0.4, -0.2) is 26.8 Å². The van der Waals surface area contributed by atoms with Crippen molar-refractivity contribution in [2.45, 2.75) is 37.8 Å². The van der Waals surface area contributed by atoms with E-state index in [9.17, 15) is 8.42 Å². The Labute approximate surface area is 85.3 Å². The second kappa shape index (κ2) is 3.47. The molecule has 2 rings (SSSR count). The highest BCUT2D eigenvalue weighted by atomic mass is 32.2. The second-order valence-electron chi connectivity index (χ2n) is 4.81. The van der Waals surface area contributed by atoms with Gasteiger partial charge in [-0.25, -0.2) is 13.1 Å². The fraction of sp³-hybridized carbons (Fsp3) is 1.00. The first-order valence-electron chi connectivity index (χ1n) is 5.17. The Morgan fingerprint density at radius 3 is 2.07 bits per heavy atom. The van der Waals surface area contributed by atoms with Crippen molar-refractivity contribution in [3.05, 3.63) is 0 Å². The first kappa shape index (κ1) is 10.4. The van der Waals surface area contributed by atoms with E-state index < -0.39 is 10.0 Å². The van der Waals surface area contributed by atoms with Crippen molar-refractivity contribution in [3.63, 3.8) is 0 Å². The van der Waals surface area contributed by atoms with Gasteiger partial charge >= 0.3 is 0 Å². The third kappa shape index (κ3) is 2.27. The van der Waals surface area contributed by atoms with Crippen LogP contribution in [-0.2, 0) is 10.0 Å². The minimum atomic E-state index is -3.03. The molecular weight excluding hydrogens is 200 g/mol. The lowest BCUT2D eigenvalue weighted by Crippen LogP contribution is -2.32. The molecule has 0 aromatic carbocycles. The number of hydrogen-bond acceptors (Lipinski definition) is 3. The predicted molar refractivity (Wildman–Crippen MR) is 55.2 cm³/mol. The monoisotopic (exact) mass is 218 g/mol. The van der Waals surface area contributed by atoms with Gasteiger partial charge in [0.05, 0.1) is 6.26 Å². The molecule has 2 saturated carbocycles. The molecule has 82 valence electrons. The highest BCUT2D eigenvalue weighted by Gasteiger charge is 2.41. The summed E-state index contributed by atoms with van der Waals surface area (Å²) in [4.78, 5) is 0. The van der Waals surface area contributed by atoms with Crippen LogP contribution in [0.1, 0.15) is 25.7 Å². The fourth-order valence-corrected chi connectivity index (χ4v) is 3.86. The van der Waals surface area contributed by atoms with Crippen molar-refractivity contribution in [2.75, 3.05) is 6.26 Å². The molecule has 0 spiro atoms. The van der Waals surface area contributed by atoms with Gasteiger partial charge in [-0.3, -0.25) is 0 Å². The Kier molecular flexibility index (Phi) is 2.57. The van der Waals surface area contributed by atoms with E-state index in [4.69, 9.17) is 5.73 Å². The molecule has 2 aliphatic rings. The molecule has 2 atom stereocenters. The standard InChI is InChI=1S/C9H18N2O2S/c1-14(12,13)11-9-4-6-2-8(10)3-7(6)5-9/h6-9,11H,2-5,10H2,1H3. The Morgan fingerprint density at radius 2 is 1.64 bits per heavy atom. The van der Waals surface area contributed by atoms with Crippen molar-refractivity contribution in [3.8, 4) is 0 Å². The van der Waals surface area contributed by atoms with Gasteiger partial charge in [0.1, 0.15) is 0 Å². The molecule has 5 heteroatoms. The second-order valence-corrected chi connectivity index (χ2v) is 6.59. The molecule has 2 aliphatic carbocycles. The quantitative estimate of drug-likeness (QED) is 0.688.